The van der Waals surface area contributed by atoms with Gasteiger partial charge in [0.15, 0.2) is 0 Å². The van der Waals surface area contributed by atoms with E-state index in [-0.39, 0.29) is 18.8 Å². The number of nitro benzene ring substituents is 1. The van der Waals surface area contributed by atoms with Crippen molar-refractivity contribution in [3.8, 4) is 0 Å². The molecule has 1 aromatic rings. The quantitative estimate of drug-likeness (QED) is 0.578. The number of methoxy groups -OCH3 is 1. The zero-order valence-electron chi connectivity index (χ0n) is 9.84. The van der Waals surface area contributed by atoms with Crippen molar-refractivity contribution in [3.05, 3.63) is 33.9 Å². The standard InChI is InChI=1S/C11H16N2O4/c1-8-10(12-6-9(14)7-17-2)4-3-5-11(8)13(15)16/h3-5,9,12,14H,6-7H2,1-2H3. The molecule has 1 aromatic carbocycles. The molecule has 1 atom stereocenters. The molecule has 2 N–H and O–H groups in total. The smallest absolute Gasteiger partial charge is 0.274 e. The van der Waals surface area contributed by atoms with Crippen molar-refractivity contribution in [2.75, 3.05) is 25.6 Å². The molecule has 6 heteroatoms. The maximum absolute atomic E-state index is 10.7. The Bertz CT molecular complexity index is 395. The zero-order valence-corrected chi connectivity index (χ0v) is 9.84. The molecular formula is C11H16N2O4. The second-order valence-corrected chi connectivity index (χ2v) is 3.70. The van der Waals surface area contributed by atoms with Crippen LogP contribution in [-0.2, 0) is 4.74 Å². The van der Waals surface area contributed by atoms with Crippen molar-refractivity contribution in [2.45, 2.75) is 13.0 Å². The summed E-state index contributed by atoms with van der Waals surface area (Å²) in [4.78, 5) is 10.3. The summed E-state index contributed by atoms with van der Waals surface area (Å²) in [5, 5.41) is 23.1. The first-order valence-electron chi connectivity index (χ1n) is 5.21. The lowest BCUT2D eigenvalue weighted by atomic mass is 10.1. The van der Waals surface area contributed by atoms with Crippen molar-refractivity contribution in [1.29, 1.82) is 0 Å². The fraction of sp³-hybridized carbons (Fsp3) is 0.455. The Kier molecular flexibility index (Phi) is 4.86. The first-order valence-corrected chi connectivity index (χ1v) is 5.21. The Balaban J connectivity index is 2.72. The zero-order chi connectivity index (χ0) is 12.8. The lowest BCUT2D eigenvalue weighted by Crippen LogP contribution is -2.24. The van der Waals surface area contributed by atoms with Crippen LogP contribution in [0.15, 0.2) is 18.2 Å². The Hall–Kier alpha value is -1.66. The lowest BCUT2D eigenvalue weighted by Gasteiger charge is -2.13. The van der Waals surface area contributed by atoms with Crippen molar-refractivity contribution in [2.24, 2.45) is 0 Å². The molecule has 0 fully saturated rings. The molecule has 1 rings (SSSR count). The topological polar surface area (TPSA) is 84.6 Å². The van der Waals surface area contributed by atoms with E-state index in [9.17, 15) is 15.2 Å². The fourth-order valence-electron chi connectivity index (χ4n) is 1.49. The summed E-state index contributed by atoms with van der Waals surface area (Å²) in [5.74, 6) is 0. The summed E-state index contributed by atoms with van der Waals surface area (Å²) < 4.78 is 4.79. The summed E-state index contributed by atoms with van der Waals surface area (Å²) in [5.41, 5.74) is 1.27. The van der Waals surface area contributed by atoms with Crippen molar-refractivity contribution in [3.63, 3.8) is 0 Å². The summed E-state index contributed by atoms with van der Waals surface area (Å²) >= 11 is 0. The van der Waals surface area contributed by atoms with Gasteiger partial charge < -0.3 is 15.2 Å². The number of nitrogens with one attached hydrogen (secondary N) is 1. The third-order valence-electron chi connectivity index (χ3n) is 2.39. The molecule has 0 saturated heterocycles. The van der Waals surface area contributed by atoms with Crippen LogP contribution in [-0.4, -0.2) is 36.4 Å². The molecule has 0 bridgehead atoms. The van der Waals surface area contributed by atoms with Gasteiger partial charge in [0.1, 0.15) is 0 Å². The van der Waals surface area contributed by atoms with Crippen LogP contribution < -0.4 is 5.32 Å². The minimum atomic E-state index is -0.640. The van der Waals surface area contributed by atoms with E-state index >= 15 is 0 Å². The van der Waals surface area contributed by atoms with Crippen LogP contribution in [0.4, 0.5) is 11.4 Å². The number of benzene rings is 1. The van der Waals surface area contributed by atoms with E-state index in [0.29, 0.717) is 11.3 Å². The third-order valence-corrected chi connectivity index (χ3v) is 2.39. The Morgan fingerprint density at radius 1 is 1.59 bits per heavy atom. The van der Waals surface area contributed by atoms with E-state index in [1.165, 1.54) is 13.2 Å². The van der Waals surface area contributed by atoms with Crippen molar-refractivity contribution >= 4 is 11.4 Å². The number of rotatable bonds is 6. The average molecular weight is 240 g/mol. The highest BCUT2D eigenvalue weighted by Gasteiger charge is 2.13. The Morgan fingerprint density at radius 2 is 2.29 bits per heavy atom. The summed E-state index contributed by atoms with van der Waals surface area (Å²) in [6, 6.07) is 4.80. The van der Waals surface area contributed by atoms with Crippen molar-refractivity contribution < 1.29 is 14.8 Å². The average Bonchev–Trinajstić information content (AvgIpc) is 2.27. The summed E-state index contributed by atoms with van der Waals surface area (Å²) in [6.45, 7) is 2.18. The largest absolute Gasteiger partial charge is 0.389 e. The monoisotopic (exact) mass is 240 g/mol. The van der Waals surface area contributed by atoms with E-state index in [0.717, 1.165) is 0 Å². The van der Waals surface area contributed by atoms with Crippen LogP contribution in [0.1, 0.15) is 5.56 Å². The van der Waals surface area contributed by atoms with Gasteiger partial charge >= 0.3 is 0 Å². The van der Waals surface area contributed by atoms with Gasteiger partial charge in [0, 0.05) is 31.0 Å². The number of nitrogens with zero attached hydrogens (tertiary/aromatic N) is 1. The first kappa shape index (κ1) is 13.4. The maximum Gasteiger partial charge on any atom is 0.274 e. The lowest BCUT2D eigenvalue weighted by molar-refractivity contribution is -0.385. The molecule has 0 aliphatic carbocycles. The number of nitro groups is 1. The highest BCUT2D eigenvalue weighted by atomic mass is 16.6. The molecule has 0 amide bonds. The molecule has 0 aromatic heterocycles. The minimum Gasteiger partial charge on any atom is -0.389 e. The summed E-state index contributed by atoms with van der Waals surface area (Å²) in [7, 11) is 1.50. The molecule has 17 heavy (non-hydrogen) atoms. The fourth-order valence-corrected chi connectivity index (χ4v) is 1.49. The number of hydrogen-bond donors (Lipinski definition) is 2. The molecule has 0 aliphatic heterocycles. The molecule has 0 heterocycles. The Labute approximate surface area is 99.4 Å². The second kappa shape index (κ2) is 6.17. The van der Waals surface area contributed by atoms with E-state index in [4.69, 9.17) is 4.74 Å². The van der Waals surface area contributed by atoms with E-state index in [2.05, 4.69) is 5.32 Å². The SMILES string of the molecule is COCC(O)CNc1cccc([N+](=O)[O-])c1C. The first-order chi connectivity index (χ1) is 8.06. The van der Waals surface area contributed by atoms with Crippen LogP contribution >= 0.6 is 0 Å². The van der Waals surface area contributed by atoms with E-state index < -0.39 is 11.0 Å². The molecule has 0 saturated carbocycles. The molecule has 0 spiro atoms. The van der Waals surface area contributed by atoms with Gasteiger partial charge in [-0.2, -0.15) is 0 Å². The predicted octanol–water partition coefficient (Wildman–Crippen LogP) is 1.32. The number of aliphatic hydroxyl groups excluding tert-OH is 1. The van der Waals surface area contributed by atoms with E-state index in [1.807, 2.05) is 0 Å². The number of hydrogen-bond acceptors (Lipinski definition) is 5. The van der Waals surface area contributed by atoms with Crippen LogP contribution in [0.2, 0.25) is 0 Å². The normalized spacial score (nSPS) is 12.2. The van der Waals surface area contributed by atoms with Crippen LogP contribution in [0.3, 0.4) is 0 Å². The molecule has 1 unspecified atom stereocenters. The maximum atomic E-state index is 10.7. The van der Waals surface area contributed by atoms with Gasteiger partial charge in [0.25, 0.3) is 5.69 Å². The molecule has 94 valence electrons. The van der Waals surface area contributed by atoms with Gasteiger partial charge in [-0.15, -0.1) is 0 Å². The highest BCUT2D eigenvalue weighted by Crippen LogP contribution is 2.24. The van der Waals surface area contributed by atoms with Gasteiger partial charge in [-0.3, -0.25) is 10.1 Å². The van der Waals surface area contributed by atoms with Crippen LogP contribution in [0, 0.1) is 17.0 Å². The minimum absolute atomic E-state index is 0.0660. The van der Waals surface area contributed by atoms with Crippen LogP contribution in [0.25, 0.3) is 0 Å². The van der Waals surface area contributed by atoms with Gasteiger partial charge in [-0.05, 0) is 13.0 Å². The number of ether oxygens (including phenoxy) is 1. The van der Waals surface area contributed by atoms with Gasteiger partial charge in [0.2, 0.25) is 0 Å². The highest BCUT2D eigenvalue weighted by molar-refractivity contribution is 5.59. The number of anilines is 1. The van der Waals surface area contributed by atoms with Crippen LogP contribution in [0.5, 0.6) is 0 Å². The molecule has 6 nitrogen and oxygen atoms in total. The Morgan fingerprint density at radius 3 is 2.88 bits per heavy atom. The predicted molar refractivity (Wildman–Crippen MR) is 64.2 cm³/mol. The molecular weight excluding hydrogens is 224 g/mol. The second-order valence-electron chi connectivity index (χ2n) is 3.70. The van der Waals surface area contributed by atoms with Crippen molar-refractivity contribution in [1.82, 2.24) is 0 Å². The molecule has 0 aliphatic rings. The van der Waals surface area contributed by atoms with E-state index in [1.54, 1.807) is 19.1 Å². The van der Waals surface area contributed by atoms with Gasteiger partial charge in [-0.1, -0.05) is 6.07 Å². The summed E-state index contributed by atoms with van der Waals surface area (Å²) in [6.07, 6.45) is -0.640. The molecule has 0 radical (unpaired) electrons. The van der Waals surface area contributed by atoms with Gasteiger partial charge in [-0.25, -0.2) is 0 Å². The third kappa shape index (κ3) is 3.69. The van der Waals surface area contributed by atoms with Gasteiger partial charge in [0.05, 0.1) is 17.6 Å². The number of aliphatic hydroxyl groups is 1.